The summed E-state index contributed by atoms with van der Waals surface area (Å²) in [5, 5.41) is 0. The number of hydrogen-bond acceptors (Lipinski definition) is 1. The van der Waals surface area contributed by atoms with Gasteiger partial charge in [-0.05, 0) is 37.1 Å². The maximum atomic E-state index is 5.62. The molecule has 0 radical (unpaired) electrons. The Morgan fingerprint density at radius 3 is 2.40 bits per heavy atom. The molecule has 0 spiro atoms. The van der Waals surface area contributed by atoms with Gasteiger partial charge in [0.15, 0.2) is 0 Å². The lowest BCUT2D eigenvalue weighted by Crippen LogP contribution is -1.85. The van der Waals surface area contributed by atoms with Crippen LogP contribution in [0.4, 0.5) is 5.69 Å². The Morgan fingerprint density at radius 1 is 1.27 bits per heavy atom. The SMILES string of the molecule is C=C(/C=C(C)\C=C/C)c1ccc(N)cc1. The molecule has 0 aliphatic carbocycles. The number of allylic oxidation sites excluding steroid dienone is 5. The highest BCUT2D eigenvalue weighted by molar-refractivity contribution is 5.73. The van der Waals surface area contributed by atoms with Crippen LogP contribution in [0, 0.1) is 0 Å². The molecule has 0 amide bonds. The predicted octanol–water partition coefficient (Wildman–Crippen LogP) is 3.80. The van der Waals surface area contributed by atoms with Crippen LogP contribution in [-0.2, 0) is 0 Å². The van der Waals surface area contributed by atoms with E-state index in [1.165, 1.54) is 5.57 Å². The normalized spacial score (nSPS) is 12.0. The lowest BCUT2D eigenvalue weighted by molar-refractivity contribution is 1.50. The molecule has 15 heavy (non-hydrogen) atoms. The van der Waals surface area contributed by atoms with Gasteiger partial charge >= 0.3 is 0 Å². The molecule has 0 fully saturated rings. The molecule has 0 unspecified atom stereocenters. The summed E-state index contributed by atoms with van der Waals surface area (Å²) < 4.78 is 0. The molecular formula is C14H17N. The van der Waals surface area contributed by atoms with Crippen molar-refractivity contribution in [1.82, 2.24) is 0 Å². The van der Waals surface area contributed by atoms with Gasteiger partial charge in [0.2, 0.25) is 0 Å². The van der Waals surface area contributed by atoms with Crippen molar-refractivity contribution in [2.45, 2.75) is 13.8 Å². The first-order valence-electron chi connectivity index (χ1n) is 4.99. The molecule has 0 bridgehead atoms. The third-order valence-electron chi connectivity index (χ3n) is 2.11. The Bertz CT molecular complexity index is 394. The summed E-state index contributed by atoms with van der Waals surface area (Å²) in [5.41, 5.74) is 9.70. The van der Waals surface area contributed by atoms with E-state index in [2.05, 4.69) is 25.7 Å². The fraction of sp³-hybridized carbons (Fsp3) is 0.143. The highest BCUT2D eigenvalue weighted by Crippen LogP contribution is 2.17. The zero-order valence-electron chi connectivity index (χ0n) is 9.33. The molecule has 0 saturated heterocycles. The Morgan fingerprint density at radius 2 is 1.87 bits per heavy atom. The number of hydrogen-bond donors (Lipinski definition) is 1. The van der Waals surface area contributed by atoms with E-state index < -0.39 is 0 Å². The Kier molecular flexibility index (Phi) is 3.92. The van der Waals surface area contributed by atoms with Crippen molar-refractivity contribution >= 4 is 11.3 Å². The Labute approximate surface area is 91.6 Å². The van der Waals surface area contributed by atoms with Gasteiger partial charge in [0.25, 0.3) is 0 Å². The van der Waals surface area contributed by atoms with Crippen LogP contribution >= 0.6 is 0 Å². The minimum Gasteiger partial charge on any atom is -0.399 e. The zero-order valence-corrected chi connectivity index (χ0v) is 9.33. The molecule has 0 aromatic heterocycles. The third-order valence-corrected chi connectivity index (χ3v) is 2.11. The summed E-state index contributed by atoms with van der Waals surface area (Å²) in [6.45, 7) is 8.09. The second kappa shape index (κ2) is 5.20. The van der Waals surface area contributed by atoms with Crippen molar-refractivity contribution < 1.29 is 0 Å². The molecule has 0 heterocycles. The van der Waals surface area contributed by atoms with E-state index in [1.807, 2.05) is 37.3 Å². The van der Waals surface area contributed by atoms with Gasteiger partial charge in [-0.3, -0.25) is 0 Å². The van der Waals surface area contributed by atoms with Gasteiger partial charge in [-0.15, -0.1) is 0 Å². The summed E-state index contributed by atoms with van der Waals surface area (Å²) in [5.74, 6) is 0. The molecule has 1 heteroatoms. The van der Waals surface area contributed by atoms with Crippen molar-refractivity contribution in [2.75, 3.05) is 5.73 Å². The number of rotatable bonds is 3. The molecule has 2 N–H and O–H groups in total. The molecule has 0 atom stereocenters. The average Bonchev–Trinajstić information content (AvgIpc) is 2.18. The summed E-state index contributed by atoms with van der Waals surface area (Å²) in [6.07, 6.45) is 6.14. The molecule has 1 rings (SSSR count). The molecular weight excluding hydrogens is 182 g/mol. The monoisotopic (exact) mass is 199 g/mol. The van der Waals surface area contributed by atoms with Crippen molar-refractivity contribution in [3.63, 3.8) is 0 Å². The van der Waals surface area contributed by atoms with Crippen LogP contribution in [0.5, 0.6) is 0 Å². The molecule has 78 valence electrons. The van der Waals surface area contributed by atoms with Crippen LogP contribution in [0.25, 0.3) is 5.57 Å². The van der Waals surface area contributed by atoms with E-state index in [0.29, 0.717) is 0 Å². The summed E-state index contributed by atoms with van der Waals surface area (Å²) in [7, 11) is 0. The summed E-state index contributed by atoms with van der Waals surface area (Å²) in [6, 6.07) is 7.74. The van der Waals surface area contributed by atoms with Crippen LogP contribution in [0.15, 0.2) is 54.6 Å². The highest BCUT2D eigenvalue weighted by atomic mass is 14.5. The van der Waals surface area contributed by atoms with Gasteiger partial charge in [0.1, 0.15) is 0 Å². The highest BCUT2D eigenvalue weighted by Gasteiger charge is 1.95. The zero-order chi connectivity index (χ0) is 11.3. The number of nitrogens with two attached hydrogens (primary N) is 1. The summed E-state index contributed by atoms with van der Waals surface area (Å²) >= 11 is 0. The molecule has 1 nitrogen and oxygen atoms in total. The third kappa shape index (κ3) is 3.47. The van der Waals surface area contributed by atoms with E-state index in [9.17, 15) is 0 Å². The Hall–Kier alpha value is -1.76. The lowest BCUT2D eigenvalue weighted by atomic mass is 10.0. The first kappa shape index (κ1) is 11.3. The maximum Gasteiger partial charge on any atom is 0.0314 e. The largest absolute Gasteiger partial charge is 0.399 e. The van der Waals surface area contributed by atoms with Crippen LogP contribution < -0.4 is 5.73 Å². The maximum absolute atomic E-state index is 5.62. The van der Waals surface area contributed by atoms with Gasteiger partial charge in [-0.2, -0.15) is 0 Å². The number of benzene rings is 1. The minimum absolute atomic E-state index is 0.778. The first-order valence-corrected chi connectivity index (χ1v) is 4.99. The molecule has 0 aliphatic rings. The van der Waals surface area contributed by atoms with Crippen LogP contribution in [0.3, 0.4) is 0 Å². The van der Waals surface area contributed by atoms with Crippen LogP contribution in [0.2, 0.25) is 0 Å². The van der Waals surface area contributed by atoms with E-state index >= 15 is 0 Å². The standard InChI is InChI=1S/C14H17N/c1-4-5-11(2)10-12(3)13-6-8-14(15)9-7-13/h4-10H,3,15H2,1-2H3/b5-4-,11-10-. The van der Waals surface area contributed by atoms with Crippen LogP contribution in [-0.4, -0.2) is 0 Å². The van der Waals surface area contributed by atoms with Gasteiger partial charge in [0, 0.05) is 5.69 Å². The lowest BCUT2D eigenvalue weighted by Gasteiger charge is -2.02. The van der Waals surface area contributed by atoms with Crippen molar-refractivity contribution in [2.24, 2.45) is 0 Å². The van der Waals surface area contributed by atoms with E-state index in [0.717, 1.165) is 16.8 Å². The van der Waals surface area contributed by atoms with Crippen LogP contribution in [0.1, 0.15) is 19.4 Å². The van der Waals surface area contributed by atoms with Gasteiger partial charge in [-0.25, -0.2) is 0 Å². The fourth-order valence-electron chi connectivity index (χ4n) is 1.37. The van der Waals surface area contributed by atoms with E-state index in [-0.39, 0.29) is 0 Å². The quantitative estimate of drug-likeness (QED) is 0.581. The van der Waals surface area contributed by atoms with Crippen molar-refractivity contribution in [3.8, 4) is 0 Å². The molecule has 1 aromatic rings. The second-order valence-corrected chi connectivity index (χ2v) is 3.54. The minimum atomic E-state index is 0.778. The molecule has 0 aliphatic heterocycles. The Balaban J connectivity index is 2.86. The van der Waals surface area contributed by atoms with Gasteiger partial charge in [0.05, 0.1) is 0 Å². The summed E-state index contributed by atoms with van der Waals surface area (Å²) in [4.78, 5) is 0. The van der Waals surface area contributed by atoms with E-state index in [1.54, 1.807) is 0 Å². The number of nitrogen functional groups attached to an aromatic ring is 1. The van der Waals surface area contributed by atoms with E-state index in [4.69, 9.17) is 5.73 Å². The average molecular weight is 199 g/mol. The number of anilines is 1. The smallest absolute Gasteiger partial charge is 0.0314 e. The predicted molar refractivity (Wildman–Crippen MR) is 68.5 cm³/mol. The molecule has 1 aromatic carbocycles. The van der Waals surface area contributed by atoms with Gasteiger partial charge < -0.3 is 5.73 Å². The topological polar surface area (TPSA) is 26.0 Å². The van der Waals surface area contributed by atoms with Gasteiger partial charge in [-0.1, -0.05) is 42.5 Å². The fourth-order valence-corrected chi connectivity index (χ4v) is 1.37. The second-order valence-electron chi connectivity index (χ2n) is 3.54. The first-order chi connectivity index (χ1) is 7.13. The van der Waals surface area contributed by atoms with Crippen molar-refractivity contribution in [3.05, 3.63) is 60.2 Å². The molecule has 0 saturated carbocycles. The van der Waals surface area contributed by atoms with Crippen molar-refractivity contribution in [1.29, 1.82) is 0 Å².